The molecule has 1 aliphatic heterocycles. The summed E-state index contributed by atoms with van der Waals surface area (Å²) < 4.78 is 11.3. The molecule has 4 nitrogen and oxygen atoms in total. The Morgan fingerprint density at radius 2 is 2.44 bits per heavy atom. The summed E-state index contributed by atoms with van der Waals surface area (Å²) in [5, 5.41) is 3.27. The molecule has 1 aromatic rings. The van der Waals surface area contributed by atoms with Crippen molar-refractivity contribution in [3.63, 3.8) is 0 Å². The zero-order valence-electron chi connectivity index (χ0n) is 9.87. The summed E-state index contributed by atoms with van der Waals surface area (Å²) in [5.41, 5.74) is 0. The molecule has 16 heavy (non-hydrogen) atoms. The van der Waals surface area contributed by atoms with Crippen LogP contribution in [0.1, 0.15) is 50.4 Å². The third-order valence-corrected chi connectivity index (χ3v) is 2.77. The van der Waals surface area contributed by atoms with E-state index in [9.17, 15) is 0 Å². The molecule has 1 saturated heterocycles. The molecule has 0 radical (unpaired) electrons. The second-order valence-electron chi connectivity index (χ2n) is 4.19. The van der Waals surface area contributed by atoms with Crippen LogP contribution in [0.4, 0.5) is 0 Å². The first kappa shape index (κ1) is 11.6. The van der Waals surface area contributed by atoms with E-state index < -0.39 is 0 Å². The van der Waals surface area contributed by atoms with Crippen molar-refractivity contribution in [2.75, 3.05) is 13.2 Å². The molecule has 90 valence electrons. The summed E-state index contributed by atoms with van der Waals surface area (Å²) in [6.45, 7) is 4.69. The molecule has 1 aliphatic rings. The molecule has 1 atom stereocenters. The second kappa shape index (κ2) is 6.01. The predicted molar refractivity (Wildman–Crippen MR) is 61.0 cm³/mol. The number of nitrogens with one attached hydrogen (secondary N) is 1. The average molecular weight is 224 g/mol. The van der Waals surface area contributed by atoms with Gasteiger partial charge in [-0.05, 0) is 32.2 Å². The largest absolute Gasteiger partial charge is 0.442 e. The van der Waals surface area contributed by atoms with Gasteiger partial charge in [0.1, 0.15) is 6.10 Å². The van der Waals surface area contributed by atoms with Crippen LogP contribution in [0.3, 0.4) is 0 Å². The fourth-order valence-electron chi connectivity index (χ4n) is 1.89. The van der Waals surface area contributed by atoms with Crippen LogP contribution in [0.25, 0.3) is 0 Å². The number of nitrogens with zero attached hydrogens (tertiary/aromatic N) is 1. The summed E-state index contributed by atoms with van der Waals surface area (Å²) in [6, 6.07) is 0. The first-order valence-electron chi connectivity index (χ1n) is 6.17. The maximum atomic E-state index is 5.67. The van der Waals surface area contributed by atoms with Crippen LogP contribution in [0.15, 0.2) is 10.6 Å². The summed E-state index contributed by atoms with van der Waals surface area (Å²) in [4.78, 5) is 4.25. The van der Waals surface area contributed by atoms with Crippen LogP contribution in [0.5, 0.6) is 0 Å². The van der Waals surface area contributed by atoms with Gasteiger partial charge in [0.15, 0.2) is 5.76 Å². The van der Waals surface area contributed by atoms with Gasteiger partial charge in [-0.25, -0.2) is 4.98 Å². The van der Waals surface area contributed by atoms with Crippen molar-refractivity contribution in [2.45, 2.75) is 45.3 Å². The minimum atomic E-state index is 0.126. The van der Waals surface area contributed by atoms with Crippen molar-refractivity contribution in [1.82, 2.24) is 10.3 Å². The van der Waals surface area contributed by atoms with Gasteiger partial charge in [0, 0.05) is 6.61 Å². The summed E-state index contributed by atoms with van der Waals surface area (Å²) >= 11 is 0. The maximum Gasteiger partial charge on any atom is 0.208 e. The van der Waals surface area contributed by atoms with Crippen LogP contribution < -0.4 is 5.32 Å². The third kappa shape index (κ3) is 3.06. The quantitative estimate of drug-likeness (QED) is 0.780. The van der Waals surface area contributed by atoms with Crippen LogP contribution in [-0.4, -0.2) is 18.1 Å². The number of rotatable bonds is 5. The van der Waals surface area contributed by atoms with Crippen LogP contribution in [-0.2, 0) is 11.3 Å². The molecule has 0 saturated carbocycles. The van der Waals surface area contributed by atoms with Gasteiger partial charge in [0.05, 0.1) is 12.7 Å². The van der Waals surface area contributed by atoms with Crippen molar-refractivity contribution < 1.29 is 9.15 Å². The van der Waals surface area contributed by atoms with Crippen LogP contribution >= 0.6 is 0 Å². The first-order chi connectivity index (χ1) is 7.90. The Labute approximate surface area is 96.4 Å². The molecule has 1 aromatic heterocycles. The Morgan fingerprint density at radius 1 is 1.50 bits per heavy atom. The second-order valence-corrected chi connectivity index (χ2v) is 4.19. The van der Waals surface area contributed by atoms with Crippen molar-refractivity contribution in [3.05, 3.63) is 17.8 Å². The third-order valence-electron chi connectivity index (χ3n) is 2.77. The molecule has 0 amide bonds. The average Bonchev–Trinajstić information content (AvgIpc) is 2.79. The van der Waals surface area contributed by atoms with E-state index in [0.29, 0.717) is 6.54 Å². The highest BCUT2D eigenvalue weighted by Crippen LogP contribution is 2.27. The Hall–Kier alpha value is -0.870. The van der Waals surface area contributed by atoms with E-state index in [1.54, 1.807) is 6.20 Å². The topological polar surface area (TPSA) is 47.3 Å². The molecular weight excluding hydrogens is 204 g/mol. The SMILES string of the molecule is CCCNCc1ncc(C2CCCCO2)o1. The predicted octanol–water partition coefficient (Wildman–Crippen LogP) is 2.42. The van der Waals surface area contributed by atoms with Gasteiger partial charge < -0.3 is 14.5 Å². The lowest BCUT2D eigenvalue weighted by atomic mass is 10.1. The minimum Gasteiger partial charge on any atom is -0.442 e. The van der Waals surface area contributed by atoms with Gasteiger partial charge in [-0.3, -0.25) is 0 Å². The number of hydrogen-bond donors (Lipinski definition) is 1. The Morgan fingerprint density at radius 3 is 3.19 bits per heavy atom. The minimum absolute atomic E-state index is 0.126. The number of hydrogen-bond acceptors (Lipinski definition) is 4. The van der Waals surface area contributed by atoms with E-state index in [2.05, 4.69) is 17.2 Å². The molecule has 1 fully saturated rings. The van der Waals surface area contributed by atoms with Gasteiger partial charge in [0.2, 0.25) is 5.89 Å². The summed E-state index contributed by atoms with van der Waals surface area (Å²) in [6.07, 6.45) is 6.49. The molecule has 0 bridgehead atoms. The maximum absolute atomic E-state index is 5.67. The van der Waals surface area contributed by atoms with Crippen molar-refractivity contribution in [3.8, 4) is 0 Å². The highest BCUT2D eigenvalue weighted by atomic mass is 16.5. The lowest BCUT2D eigenvalue weighted by molar-refractivity contribution is 0.00122. The fraction of sp³-hybridized carbons (Fsp3) is 0.750. The van der Waals surface area contributed by atoms with E-state index in [-0.39, 0.29) is 6.10 Å². The fourth-order valence-corrected chi connectivity index (χ4v) is 1.89. The van der Waals surface area contributed by atoms with Crippen LogP contribution in [0.2, 0.25) is 0 Å². The van der Waals surface area contributed by atoms with Gasteiger partial charge in [0.25, 0.3) is 0 Å². The number of oxazole rings is 1. The van der Waals surface area contributed by atoms with Crippen molar-refractivity contribution in [2.24, 2.45) is 0 Å². The Balaban J connectivity index is 1.85. The van der Waals surface area contributed by atoms with Crippen molar-refractivity contribution >= 4 is 0 Å². The Kier molecular flexibility index (Phi) is 4.36. The van der Waals surface area contributed by atoms with E-state index in [1.807, 2.05) is 0 Å². The van der Waals surface area contributed by atoms with E-state index in [0.717, 1.165) is 44.1 Å². The number of aromatic nitrogens is 1. The zero-order chi connectivity index (χ0) is 11.2. The summed E-state index contributed by atoms with van der Waals surface area (Å²) in [5.74, 6) is 1.64. The van der Waals surface area contributed by atoms with E-state index in [1.165, 1.54) is 6.42 Å². The van der Waals surface area contributed by atoms with Crippen LogP contribution in [0, 0.1) is 0 Å². The lowest BCUT2D eigenvalue weighted by Crippen LogP contribution is -2.14. The monoisotopic (exact) mass is 224 g/mol. The van der Waals surface area contributed by atoms with Gasteiger partial charge >= 0.3 is 0 Å². The molecular formula is C12H20N2O2. The zero-order valence-corrected chi connectivity index (χ0v) is 9.87. The number of ether oxygens (including phenoxy) is 1. The van der Waals surface area contributed by atoms with Crippen molar-refractivity contribution in [1.29, 1.82) is 0 Å². The molecule has 1 N–H and O–H groups in total. The molecule has 1 unspecified atom stereocenters. The van der Waals surface area contributed by atoms with Gasteiger partial charge in [-0.2, -0.15) is 0 Å². The molecule has 2 heterocycles. The highest BCUT2D eigenvalue weighted by Gasteiger charge is 2.19. The highest BCUT2D eigenvalue weighted by molar-refractivity contribution is 4.99. The van der Waals surface area contributed by atoms with E-state index >= 15 is 0 Å². The normalized spacial score (nSPS) is 21.2. The van der Waals surface area contributed by atoms with E-state index in [4.69, 9.17) is 9.15 Å². The molecule has 0 aromatic carbocycles. The molecule has 0 aliphatic carbocycles. The molecule has 0 spiro atoms. The van der Waals surface area contributed by atoms with Gasteiger partial charge in [-0.15, -0.1) is 0 Å². The standard InChI is InChI=1S/C12H20N2O2/c1-2-6-13-9-12-14-8-11(16-12)10-5-3-4-7-15-10/h8,10,13H,2-7,9H2,1H3. The molecule has 2 rings (SSSR count). The smallest absolute Gasteiger partial charge is 0.208 e. The van der Waals surface area contributed by atoms with Gasteiger partial charge in [-0.1, -0.05) is 6.92 Å². The first-order valence-corrected chi connectivity index (χ1v) is 6.17. The lowest BCUT2D eigenvalue weighted by Gasteiger charge is -2.19. The Bertz CT molecular complexity index is 306. The summed E-state index contributed by atoms with van der Waals surface area (Å²) in [7, 11) is 0. The molecule has 4 heteroatoms.